The van der Waals surface area contributed by atoms with Crippen molar-refractivity contribution in [1.82, 2.24) is 5.43 Å². The molecule has 0 fully saturated rings. The zero-order valence-corrected chi connectivity index (χ0v) is 13.8. The van der Waals surface area contributed by atoms with Gasteiger partial charge in [0.1, 0.15) is 6.04 Å². The molecule has 0 aromatic heterocycles. The average molecular weight is 376 g/mol. The highest BCUT2D eigenvalue weighted by Crippen LogP contribution is 2.29. The predicted octanol–water partition coefficient (Wildman–Crippen LogP) is 5.40. The smallest absolute Gasteiger partial charge is 0.139 e. The first-order valence-electron chi connectivity index (χ1n) is 6.64. The molecule has 2 aromatic carbocycles. The van der Waals surface area contributed by atoms with Crippen LogP contribution in [0.4, 0.5) is 5.69 Å². The zero-order chi connectivity index (χ0) is 15.4. The molecular weight excluding hydrogens is 364 g/mol. The second kappa shape index (κ2) is 6.85. The Balaban J connectivity index is 1.79. The molecule has 1 N–H and O–H groups in total. The van der Waals surface area contributed by atoms with E-state index in [4.69, 9.17) is 11.6 Å². The van der Waals surface area contributed by atoms with Gasteiger partial charge < -0.3 is 0 Å². The quantitative estimate of drug-likeness (QED) is 0.717. The minimum absolute atomic E-state index is 0.134. The maximum Gasteiger partial charge on any atom is 0.139 e. The van der Waals surface area contributed by atoms with Crippen LogP contribution in [0.5, 0.6) is 0 Å². The summed E-state index contributed by atoms with van der Waals surface area (Å²) in [5, 5.41) is 8.72. The Bertz CT molecular complexity index is 753. The van der Waals surface area contributed by atoms with E-state index in [9.17, 15) is 0 Å². The van der Waals surface area contributed by atoms with Gasteiger partial charge in [0.2, 0.25) is 0 Å². The monoisotopic (exact) mass is 374 g/mol. The van der Waals surface area contributed by atoms with Gasteiger partial charge in [-0.1, -0.05) is 57.0 Å². The molecule has 0 radical (unpaired) electrons. The summed E-state index contributed by atoms with van der Waals surface area (Å²) < 4.78 is 1.03. The van der Waals surface area contributed by atoms with Crippen molar-refractivity contribution in [3.63, 3.8) is 0 Å². The second-order valence-corrected chi connectivity index (χ2v) is 5.96. The highest BCUT2D eigenvalue weighted by atomic mass is 79.9. The van der Waals surface area contributed by atoms with Crippen LogP contribution in [0.2, 0.25) is 5.02 Å². The van der Waals surface area contributed by atoms with Crippen molar-refractivity contribution in [2.45, 2.75) is 6.04 Å². The van der Waals surface area contributed by atoms with Gasteiger partial charge in [0, 0.05) is 10.7 Å². The molecule has 3 rings (SSSR count). The van der Waals surface area contributed by atoms with Crippen LogP contribution in [-0.2, 0) is 0 Å². The third kappa shape index (κ3) is 3.43. The van der Waals surface area contributed by atoms with Crippen LogP contribution in [0, 0.1) is 0 Å². The summed E-state index contributed by atoms with van der Waals surface area (Å²) in [5.41, 5.74) is 5.57. The molecule has 0 unspecified atom stereocenters. The summed E-state index contributed by atoms with van der Waals surface area (Å²) in [6.07, 6.45) is 3.56. The van der Waals surface area contributed by atoms with Gasteiger partial charge in [0.15, 0.2) is 0 Å². The van der Waals surface area contributed by atoms with E-state index < -0.39 is 0 Å². The molecule has 1 aliphatic heterocycles. The third-order valence-corrected chi connectivity index (χ3v) is 4.00. The number of nitrogens with zero attached hydrogens (tertiary/aromatic N) is 3. The van der Waals surface area contributed by atoms with Crippen LogP contribution in [-0.4, -0.2) is 6.21 Å². The van der Waals surface area contributed by atoms with Crippen LogP contribution in [0.25, 0.3) is 0 Å². The third-order valence-electron chi connectivity index (χ3n) is 3.15. The fourth-order valence-electron chi connectivity index (χ4n) is 2.04. The van der Waals surface area contributed by atoms with Gasteiger partial charge in [-0.05, 0) is 35.9 Å². The molecule has 0 aliphatic carbocycles. The van der Waals surface area contributed by atoms with Gasteiger partial charge >= 0.3 is 0 Å². The summed E-state index contributed by atoms with van der Waals surface area (Å²) in [6, 6.07) is 15.3. The Morgan fingerprint density at radius 1 is 1.14 bits per heavy atom. The van der Waals surface area contributed by atoms with E-state index in [0.29, 0.717) is 5.02 Å². The van der Waals surface area contributed by atoms with E-state index in [1.165, 1.54) is 0 Å². The molecule has 22 heavy (non-hydrogen) atoms. The van der Waals surface area contributed by atoms with E-state index in [-0.39, 0.29) is 6.04 Å². The minimum atomic E-state index is -0.134. The van der Waals surface area contributed by atoms with E-state index in [1.807, 2.05) is 54.6 Å². The lowest BCUT2D eigenvalue weighted by atomic mass is 10.1. The lowest BCUT2D eigenvalue weighted by Gasteiger charge is -2.07. The summed E-state index contributed by atoms with van der Waals surface area (Å²) in [5.74, 6) is 0. The lowest BCUT2D eigenvalue weighted by molar-refractivity contribution is 0.859. The molecule has 4 nitrogen and oxygen atoms in total. The predicted molar refractivity (Wildman–Crippen MR) is 92.6 cm³/mol. The summed E-state index contributed by atoms with van der Waals surface area (Å²) >= 11 is 9.49. The number of halogens is 2. The molecule has 0 bridgehead atoms. The topological polar surface area (TPSA) is 49.1 Å². The number of nitrogens with one attached hydrogen (secondary N) is 1. The van der Waals surface area contributed by atoms with Gasteiger partial charge in [-0.25, -0.2) is 0 Å². The number of benzene rings is 2. The maximum atomic E-state index is 6.07. The second-order valence-electron chi connectivity index (χ2n) is 4.63. The summed E-state index contributed by atoms with van der Waals surface area (Å²) in [4.78, 5) is 4.35. The first kappa shape index (κ1) is 14.9. The number of rotatable bonds is 3. The zero-order valence-electron chi connectivity index (χ0n) is 11.4. The standard InChI is InChI=1S/C16H12BrClN4/c17-12-7-5-11(6-8-12)16-15(20-22-21-16)9-10-19-14-4-2-1-3-13(14)18/h1-10,16H,(H,20,21)/b15-9-,19-10?/t16-/m1/s1. The van der Waals surface area contributed by atoms with Crippen molar-refractivity contribution >= 4 is 39.4 Å². The van der Waals surface area contributed by atoms with Gasteiger partial charge in [-0.3, -0.25) is 10.4 Å². The van der Waals surface area contributed by atoms with E-state index >= 15 is 0 Å². The van der Waals surface area contributed by atoms with Crippen molar-refractivity contribution in [1.29, 1.82) is 0 Å². The van der Waals surface area contributed by atoms with Crippen LogP contribution in [0.15, 0.2) is 80.1 Å². The highest BCUT2D eigenvalue weighted by molar-refractivity contribution is 9.10. The van der Waals surface area contributed by atoms with Gasteiger partial charge in [0.25, 0.3) is 0 Å². The Morgan fingerprint density at radius 2 is 1.91 bits per heavy atom. The maximum absolute atomic E-state index is 6.07. The number of para-hydroxylation sites is 1. The Hall–Kier alpha value is -1.98. The molecule has 6 heteroatoms. The van der Waals surface area contributed by atoms with Crippen molar-refractivity contribution in [2.75, 3.05) is 0 Å². The van der Waals surface area contributed by atoms with E-state index in [2.05, 4.69) is 36.7 Å². The van der Waals surface area contributed by atoms with Gasteiger partial charge in [0.05, 0.1) is 16.4 Å². The number of aliphatic imine (C=N–C) groups is 1. The van der Waals surface area contributed by atoms with Gasteiger partial charge in [-0.15, -0.1) is 0 Å². The molecular formula is C16H12BrClN4. The number of allylic oxidation sites excluding steroid dienone is 1. The highest BCUT2D eigenvalue weighted by Gasteiger charge is 2.20. The molecule has 2 aromatic rings. The Labute approximate surface area is 141 Å². The molecule has 0 saturated heterocycles. The average Bonchev–Trinajstić information content (AvgIpc) is 2.98. The summed E-state index contributed by atoms with van der Waals surface area (Å²) in [7, 11) is 0. The van der Waals surface area contributed by atoms with Crippen LogP contribution in [0.1, 0.15) is 11.6 Å². The molecule has 0 saturated carbocycles. The molecule has 0 spiro atoms. The SMILES string of the molecule is Clc1ccccc1N=C/C=C1\NN=N[C@@H]1c1ccc(Br)cc1. The first-order chi connectivity index (χ1) is 10.7. The fraction of sp³-hybridized carbons (Fsp3) is 0.0625. The van der Waals surface area contributed by atoms with E-state index in [0.717, 1.165) is 21.4 Å². The first-order valence-corrected chi connectivity index (χ1v) is 7.81. The molecule has 1 heterocycles. The lowest BCUT2D eigenvalue weighted by Crippen LogP contribution is -2.05. The van der Waals surface area contributed by atoms with Crippen molar-refractivity contribution < 1.29 is 0 Å². The van der Waals surface area contributed by atoms with Crippen molar-refractivity contribution in [2.24, 2.45) is 15.3 Å². The van der Waals surface area contributed by atoms with Crippen LogP contribution in [0.3, 0.4) is 0 Å². The minimum Gasteiger partial charge on any atom is -0.262 e. The van der Waals surface area contributed by atoms with Crippen molar-refractivity contribution in [3.05, 3.63) is 75.4 Å². The van der Waals surface area contributed by atoms with Crippen molar-refractivity contribution in [3.8, 4) is 0 Å². The largest absolute Gasteiger partial charge is 0.262 e. The molecule has 1 aliphatic rings. The fourth-order valence-corrected chi connectivity index (χ4v) is 2.49. The summed E-state index contributed by atoms with van der Waals surface area (Å²) in [6.45, 7) is 0. The van der Waals surface area contributed by atoms with Crippen LogP contribution >= 0.6 is 27.5 Å². The Kier molecular flexibility index (Phi) is 4.65. The molecule has 110 valence electrons. The number of hydrogen-bond donors (Lipinski definition) is 1. The number of hydrogen-bond acceptors (Lipinski definition) is 4. The molecule has 0 amide bonds. The van der Waals surface area contributed by atoms with Crippen LogP contribution < -0.4 is 5.43 Å². The van der Waals surface area contributed by atoms with E-state index in [1.54, 1.807) is 6.21 Å². The molecule has 1 atom stereocenters. The van der Waals surface area contributed by atoms with Gasteiger partial charge in [-0.2, -0.15) is 5.11 Å². The normalized spacial score (nSPS) is 19.0. The Morgan fingerprint density at radius 3 is 2.68 bits per heavy atom.